The summed E-state index contributed by atoms with van der Waals surface area (Å²) in [5.41, 5.74) is 2.33. The van der Waals surface area contributed by atoms with Crippen LogP contribution in [-0.4, -0.2) is 21.2 Å². The van der Waals surface area contributed by atoms with E-state index in [2.05, 4.69) is 36.8 Å². The van der Waals surface area contributed by atoms with Gasteiger partial charge in [0.1, 0.15) is 11.5 Å². The van der Waals surface area contributed by atoms with Crippen LogP contribution < -0.4 is 10.3 Å². The quantitative estimate of drug-likeness (QED) is 0.358. The molecule has 3 aromatic rings. The van der Waals surface area contributed by atoms with Crippen LogP contribution in [0.25, 0.3) is 0 Å². The molecule has 0 unspecified atom stereocenters. The molecule has 3 rings (SSSR count). The first-order chi connectivity index (χ1) is 14.3. The van der Waals surface area contributed by atoms with Crippen molar-refractivity contribution in [3.05, 3.63) is 84.7 Å². The molecule has 0 fully saturated rings. The molecule has 3 N–H and O–H groups in total. The van der Waals surface area contributed by atoms with E-state index in [-0.39, 0.29) is 17.7 Å². The normalized spacial score (nSPS) is 10.7. The third-order valence-electron chi connectivity index (χ3n) is 4.43. The van der Waals surface area contributed by atoms with Gasteiger partial charge in [0.25, 0.3) is 0 Å². The number of nitrogens with one attached hydrogen (secondary N) is 1. The highest BCUT2D eigenvalue weighted by atomic mass is 79.9. The minimum absolute atomic E-state index is 0.124. The zero-order valence-electron chi connectivity index (χ0n) is 15.8. The Morgan fingerprint density at radius 2 is 1.77 bits per heavy atom. The third-order valence-corrected chi connectivity index (χ3v) is 5.61. The molecule has 0 saturated carbocycles. The second kappa shape index (κ2) is 9.95. The molecule has 0 atom stereocenters. The number of carboxylic acid groups (broad SMARTS) is 1. The molecule has 156 valence electrons. The number of rotatable bonds is 8. The fraction of sp³-hybridized carbons (Fsp3) is 0.182. The second-order valence-corrected chi connectivity index (χ2v) is 8.48. The van der Waals surface area contributed by atoms with Gasteiger partial charge in [0, 0.05) is 30.7 Å². The van der Waals surface area contributed by atoms with E-state index in [0.29, 0.717) is 36.3 Å². The minimum Gasteiger partial charge on any atom is -0.508 e. The van der Waals surface area contributed by atoms with Gasteiger partial charge in [-0.05, 0) is 86.2 Å². The Morgan fingerprint density at radius 3 is 2.40 bits per heavy atom. The molecule has 1 aromatic heterocycles. The number of pyridine rings is 1. The maximum Gasteiger partial charge on any atom is 0.303 e. The Kier molecular flexibility index (Phi) is 7.33. The smallest absolute Gasteiger partial charge is 0.303 e. The van der Waals surface area contributed by atoms with E-state index >= 15 is 0 Å². The predicted molar refractivity (Wildman–Crippen MR) is 120 cm³/mol. The summed E-state index contributed by atoms with van der Waals surface area (Å²) in [4.78, 5) is 24.5. The first-order valence-electron chi connectivity index (χ1n) is 9.19. The number of hydrogen-bond donors (Lipinski definition) is 3. The highest BCUT2D eigenvalue weighted by Gasteiger charge is 2.13. The zero-order valence-corrected chi connectivity index (χ0v) is 19.0. The molecule has 0 bridgehead atoms. The number of halogens is 2. The molecule has 0 radical (unpaired) electrons. The van der Waals surface area contributed by atoms with Crippen LogP contribution in [0.15, 0.2) is 62.4 Å². The standard InChI is InChI=1S/C22H19Br2NO5/c23-17-9-13(2-1-3-21(28)29)10-18(24)22(17)30-16-5-6-19(26)15(11-16)8-14-4-7-20(27)25-12-14/h4-7,9-12,26H,1-3,8H2,(H,25,27)(H,28,29). The summed E-state index contributed by atoms with van der Waals surface area (Å²) in [6.45, 7) is 0. The summed E-state index contributed by atoms with van der Waals surface area (Å²) in [6, 6.07) is 12.0. The van der Waals surface area contributed by atoms with Crippen LogP contribution in [0.3, 0.4) is 0 Å². The molecule has 6 nitrogen and oxygen atoms in total. The molecule has 0 aliphatic carbocycles. The second-order valence-electron chi connectivity index (χ2n) is 6.77. The number of carboxylic acids is 1. The number of aryl methyl sites for hydroxylation is 1. The van der Waals surface area contributed by atoms with E-state index in [1.54, 1.807) is 30.5 Å². The maximum absolute atomic E-state index is 11.2. The first kappa shape index (κ1) is 22.1. The van der Waals surface area contributed by atoms with Gasteiger partial charge in [0.05, 0.1) is 8.95 Å². The Hall–Kier alpha value is -2.58. The number of aromatic amines is 1. The lowest BCUT2D eigenvalue weighted by molar-refractivity contribution is -0.137. The number of benzene rings is 2. The Balaban J connectivity index is 1.78. The Bertz CT molecular complexity index is 1080. The van der Waals surface area contributed by atoms with E-state index in [0.717, 1.165) is 20.1 Å². The van der Waals surface area contributed by atoms with Crippen LogP contribution in [0.2, 0.25) is 0 Å². The number of aliphatic carboxylic acids is 1. The summed E-state index contributed by atoms with van der Waals surface area (Å²) in [6.07, 6.45) is 3.38. The van der Waals surface area contributed by atoms with Crippen LogP contribution >= 0.6 is 31.9 Å². The van der Waals surface area contributed by atoms with E-state index in [1.807, 2.05) is 12.1 Å². The van der Waals surface area contributed by atoms with Gasteiger partial charge in [-0.1, -0.05) is 6.07 Å². The Labute approximate surface area is 189 Å². The van der Waals surface area contributed by atoms with Crippen molar-refractivity contribution in [1.82, 2.24) is 4.98 Å². The topological polar surface area (TPSA) is 99.6 Å². The molecule has 0 amide bonds. The van der Waals surface area contributed by atoms with Crippen molar-refractivity contribution in [2.75, 3.05) is 0 Å². The molecule has 0 spiro atoms. The van der Waals surface area contributed by atoms with Gasteiger partial charge in [-0.15, -0.1) is 0 Å². The summed E-state index contributed by atoms with van der Waals surface area (Å²) >= 11 is 7.03. The maximum atomic E-state index is 11.2. The number of H-pyrrole nitrogens is 1. The number of carbonyl (C=O) groups is 1. The van der Waals surface area contributed by atoms with Crippen molar-refractivity contribution in [2.45, 2.75) is 25.7 Å². The molecule has 1 heterocycles. The fourth-order valence-corrected chi connectivity index (χ4v) is 4.40. The molecule has 0 aliphatic heterocycles. The predicted octanol–water partition coefficient (Wildman–Crippen LogP) is 5.40. The van der Waals surface area contributed by atoms with E-state index in [1.165, 1.54) is 6.07 Å². The van der Waals surface area contributed by atoms with Gasteiger partial charge < -0.3 is 19.9 Å². The molecule has 2 aromatic carbocycles. The molecule has 0 saturated heterocycles. The SMILES string of the molecule is O=C(O)CCCc1cc(Br)c(Oc2ccc(O)c(Cc3ccc(=O)[nH]c3)c2)c(Br)c1. The summed E-state index contributed by atoms with van der Waals surface area (Å²) in [7, 11) is 0. The summed E-state index contributed by atoms with van der Waals surface area (Å²) in [5, 5.41) is 19.0. The van der Waals surface area contributed by atoms with Gasteiger partial charge in [-0.3, -0.25) is 9.59 Å². The van der Waals surface area contributed by atoms with Gasteiger partial charge in [-0.25, -0.2) is 0 Å². The summed E-state index contributed by atoms with van der Waals surface area (Å²) in [5.74, 6) is 0.462. The van der Waals surface area contributed by atoms with E-state index < -0.39 is 5.97 Å². The molecule has 0 aliphatic rings. The van der Waals surface area contributed by atoms with Crippen LogP contribution in [0.5, 0.6) is 17.2 Å². The lowest BCUT2D eigenvalue weighted by Crippen LogP contribution is -2.03. The van der Waals surface area contributed by atoms with E-state index in [4.69, 9.17) is 9.84 Å². The highest BCUT2D eigenvalue weighted by molar-refractivity contribution is 9.11. The number of hydrogen-bond acceptors (Lipinski definition) is 4. The van der Waals surface area contributed by atoms with E-state index in [9.17, 15) is 14.7 Å². The number of aromatic nitrogens is 1. The van der Waals surface area contributed by atoms with Crippen molar-refractivity contribution >= 4 is 37.8 Å². The van der Waals surface area contributed by atoms with Crippen LogP contribution in [0, 0.1) is 0 Å². The van der Waals surface area contributed by atoms with Crippen molar-refractivity contribution in [3.63, 3.8) is 0 Å². The number of ether oxygens (including phenoxy) is 1. The first-order valence-corrected chi connectivity index (χ1v) is 10.8. The van der Waals surface area contributed by atoms with Gasteiger partial charge in [-0.2, -0.15) is 0 Å². The third kappa shape index (κ3) is 5.96. The van der Waals surface area contributed by atoms with Gasteiger partial charge in [0.2, 0.25) is 5.56 Å². The van der Waals surface area contributed by atoms with Crippen molar-refractivity contribution in [1.29, 1.82) is 0 Å². The van der Waals surface area contributed by atoms with Gasteiger partial charge in [0.15, 0.2) is 5.75 Å². The average molecular weight is 537 g/mol. The molecular weight excluding hydrogens is 518 g/mol. The minimum atomic E-state index is -0.807. The monoisotopic (exact) mass is 535 g/mol. The number of phenolic OH excluding ortho intramolecular Hbond substituents is 1. The number of aromatic hydroxyl groups is 1. The van der Waals surface area contributed by atoms with Crippen molar-refractivity contribution < 1.29 is 19.7 Å². The molecule has 30 heavy (non-hydrogen) atoms. The summed E-state index contributed by atoms with van der Waals surface area (Å²) < 4.78 is 7.50. The van der Waals surface area contributed by atoms with Crippen molar-refractivity contribution in [3.8, 4) is 17.2 Å². The lowest BCUT2D eigenvalue weighted by atomic mass is 10.1. The largest absolute Gasteiger partial charge is 0.508 e. The molecule has 8 heteroatoms. The zero-order chi connectivity index (χ0) is 21.7. The fourth-order valence-electron chi connectivity index (χ4n) is 2.96. The van der Waals surface area contributed by atoms with Crippen molar-refractivity contribution in [2.24, 2.45) is 0 Å². The van der Waals surface area contributed by atoms with Crippen LogP contribution in [-0.2, 0) is 17.6 Å². The Morgan fingerprint density at radius 1 is 1.03 bits per heavy atom. The highest BCUT2D eigenvalue weighted by Crippen LogP contribution is 2.39. The van der Waals surface area contributed by atoms with Crippen LogP contribution in [0.4, 0.5) is 0 Å². The van der Waals surface area contributed by atoms with Crippen LogP contribution in [0.1, 0.15) is 29.5 Å². The number of phenols is 1. The lowest BCUT2D eigenvalue weighted by Gasteiger charge is -2.14. The molecular formula is C22H19Br2NO5. The average Bonchev–Trinajstić information content (AvgIpc) is 2.68. The van der Waals surface area contributed by atoms with Gasteiger partial charge >= 0.3 is 5.97 Å².